The average Bonchev–Trinajstić information content (AvgIpc) is 3.07. The van der Waals surface area contributed by atoms with E-state index in [9.17, 15) is 0 Å². The zero-order valence-electron chi connectivity index (χ0n) is 26.6. The first-order valence-corrected chi connectivity index (χ1v) is 17.5. The summed E-state index contributed by atoms with van der Waals surface area (Å²) in [6.45, 7) is 5.06. The van der Waals surface area contributed by atoms with Crippen LogP contribution in [0.25, 0.3) is 0 Å². The fourth-order valence-corrected chi connectivity index (χ4v) is 5.35. The lowest BCUT2D eigenvalue weighted by Gasteiger charge is -2.27. The van der Waals surface area contributed by atoms with Crippen molar-refractivity contribution in [3.8, 4) is 0 Å². The number of halogens is 6. The Bertz CT molecular complexity index is 1500. The second-order valence-electron chi connectivity index (χ2n) is 10.5. The minimum atomic E-state index is 0.417. The molecule has 0 bridgehead atoms. The van der Waals surface area contributed by atoms with Gasteiger partial charge in [0.25, 0.3) is 0 Å². The average molecular weight is 784 g/mol. The highest BCUT2D eigenvalue weighted by Gasteiger charge is 2.15. The van der Waals surface area contributed by atoms with Gasteiger partial charge in [0, 0.05) is 108 Å². The van der Waals surface area contributed by atoms with Gasteiger partial charge in [-0.3, -0.25) is 34.7 Å². The Morgan fingerprint density at radius 1 is 0.429 bits per heavy atom. The van der Waals surface area contributed by atoms with Crippen LogP contribution < -0.4 is 11.5 Å². The van der Waals surface area contributed by atoms with Crippen LogP contribution in [-0.4, -0.2) is 60.9 Å². The predicted octanol–water partition coefficient (Wildman–Crippen LogP) is 7.96. The van der Waals surface area contributed by atoms with Gasteiger partial charge >= 0.3 is 0 Å². The van der Waals surface area contributed by atoms with E-state index >= 15 is 0 Å². The van der Waals surface area contributed by atoms with Crippen molar-refractivity contribution in [2.75, 3.05) is 26.2 Å². The number of nitrogens with zero attached hydrogens (tertiary/aromatic N) is 7. The van der Waals surface area contributed by atoms with Gasteiger partial charge in [-0.05, 0) is 60.7 Å². The standard InChI is InChI=1S/C26H24Cl4N6.C6H5Cl2N.C2H8N2/c27-19-1-5-31-23(11-19)15-35(16-24-12-20(28)2-6-32-24)9-10-36(17-25-13-21(29)3-7-33-25)18-26-14-22(30)4-8-34-26;7-4-6-3-5(8)1-2-9-6;3-1-2-4/h1-8,11-14H,9-10,15-18H2;1-3H,4H2;1-4H2. The molecule has 0 saturated carbocycles. The summed E-state index contributed by atoms with van der Waals surface area (Å²) < 4.78 is 0. The van der Waals surface area contributed by atoms with Crippen LogP contribution in [0.4, 0.5) is 0 Å². The first-order valence-electron chi connectivity index (χ1n) is 15.1. The van der Waals surface area contributed by atoms with Gasteiger partial charge in [-0.15, -0.1) is 11.6 Å². The largest absolute Gasteiger partial charge is 0.329 e. The molecule has 0 fully saturated rings. The second kappa shape index (κ2) is 22.9. The highest BCUT2D eigenvalue weighted by molar-refractivity contribution is 6.31. The van der Waals surface area contributed by atoms with Gasteiger partial charge in [-0.25, -0.2) is 0 Å². The van der Waals surface area contributed by atoms with Crippen LogP contribution in [0.5, 0.6) is 0 Å². The minimum absolute atomic E-state index is 0.417. The van der Waals surface area contributed by atoms with E-state index in [2.05, 4.69) is 34.7 Å². The number of aromatic nitrogens is 5. The van der Waals surface area contributed by atoms with Gasteiger partial charge < -0.3 is 11.5 Å². The third-order valence-corrected chi connectivity index (χ3v) is 7.92. The molecule has 15 heteroatoms. The lowest BCUT2D eigenvalue weighted by atomic mass is 10.2. The third kappa shape index (κ3) is 16.7. The zero-order valence-corrected chi connectivity index (χ0v) is 31.1. The van der Waals surface area contributed by atoms with Crippen LogP contribution in [0.15, 0.2) is 91.6 Å². The molecule has 5 aromatic heterocycles. The molecular weight excluding hydrogens is 747 g/mol. The number of alkyl halides is 1. The van der Waals surface area contributed by atoms with Crippen molar-refractivity contribution in [2.45, 2.75) is 32.1 Å². The number of nitrogens with two attached hydrogens (primary N) is 2. The van der Waals surface area contributed by atoms with Gasteiger partial charge in [0.2, 0.25) is 0 Å². The van der Waals surface area contributed by atoms with Crippen molar-refractivity contribution in [3.05, 3.63) is 145 Å². The van der Waals surface area contributed by atoms with Crippen LogP contribution in [0, 0.1) is 0 Å². The Balaban J connectivity index is 0.000000420. The normalized spacial score (nSPS) is 10.7. The Labute approximate surface area is 317 Å². The maximum absolute atomic E-state index is 6.21. The molecule has 0 spiro atoms. The molecule has 0 aliphatic carbocycles. The Morgan fingerprint density at radius 3 is 0.878 bits per heavy atom. The molecule has 4 N–H and O–H groups in total. The first-order chi connectivity index (χ1) is 23.7. The van der Waals surface area contributed by atoms with E-state index in [0.29, 0.717) is 70.3 Å². The Morgan fingerprint density at radius 2 is 0.673 bits per heavy atom. The van der Waals surface area contributed by atoms with Crippen LogP contribution in [-0.2, 0) is 32.1 Å². The van der Waals surface area contributed by atoms with E-state index in [0.717, 1.165) is 41.6 Å². The molecule has 49 heavy (non-hydrogen) atoms. The number of pyridine rings is 5. The van der Waals surface area contributed by atoms with Crippen molar-refractivity contribution in [2.24, 2.45) is 11.5 Å². The van der Waals surface area contributed by atoms with E-state index in [1.807, 2.05) is 24.3 Å². The fraction of sp³-hybridized carbons (Fsp3) is 0.265. The SMILES string of the molecule is ClCc1cc(Cl)ccn1.Clc1ccnc(CN(CCN(Cc2cc(Cl)ccn2)Cc2cc(Cl)ccn2)Cc2cc(Cl)ccn2)c1.NCCN. The number of hydrogen-bond donors (Lipinski definition) is 2. The van der Waals surface area contributed by atoms with Crippen molar-refractivity contribution in [1.82, 2.24) is 34.7 Å². The van der Waals surface area contributed by atoms with Crippen molar-refractivity contribution >= 4 is 69.6 Å². The predicted molar refractivity (Wildman–Crippen MR) is 202 cm³/mol. The summed E-state index contributed by atoms with van der Waals surface area (Å²) in [6.07, 6.45) is 8.51. The summed E-state index contributed by atoms with van der Waals surface area (Å²) in [4.78, 5) is 26.4. The summed E-state index contributed by atoms with van der Waals surface area (Å²) >= 11 is 35.9. The molecule has 0 aromatic carbocycles. The van der Waals surface area contributed by atoms with Gasteiger partial charge in [-0.2, -0.15) is 0 Å². The fourth-order valence-electron chi connectivity index (χ4n) is 4.29. The summed E-state index contributed by atoms with van der Waals surface area (Å²) in [5.41, 5.74) is 14.1. The van der Waals surface area contributed by atoms with Gasteiger partial charge in [0.1, 0.15) is 0 Å². The first kappa shape index (κ1) is 40.8. The second-order valence-corrected chi connectivity index (χ2v) is 12.9. The van der Waals surface area contributed by atoms with Crippen molar-refractivity contribution < 1.29 is 0 Å². The highest BCUT2D eigenvalue weighted by Crippen LogP contribution is 2.17. The van der Waals surface area contributed by atoms with E-state index in [-0.39, 0.29) is 0 Å². The quantitative estimate of drug-likeness (QED) is 0.115. The zero-order chi connectivity index (χ0) is 35.4. The molecule has 0 atom stereocenters. The molecule has 5 aromatic rings. The Hall–Kier alpha value is -2.67. The number of hydrogen-bond acceptors (Lipinski definition) is 9. The highest BCUT2D eigenvalue weighted by atomic mass is 35.5. The number of rotatable bonds is 13. The molecule has 0 aliphatic heterocycles. The molecule has 260 valence electrons. The molecule has 0 radical (unpaired) electrons. The molecule has 0 saturated heterocycles. The summed E-state index contributed by atoms with van der Waals surface area (Å²) in [6, 6.07) is 18.1. The van der Waals surface area contributed by atoms with E-state index in [1.54, 1.807) is 67.4 Å². The van der Waals surface area contributed by atoms with Gasteiger partial charge in [0.15, 0.2) is 0 Å². The maximum Gasteiger partial charge on any atom is 0.0647 e. The molecule has 5 heterocycles. The molecule has 0 aliphatic rings. The lowest BCUT2D eigenvalue weighted by molar-refractivity contribution is 0.178. The van der Waals surface area contributed by atoms with E-state index in [1.165, 1.54) is 0 Å². The van der Waals surface area contributed by atoms with E-state index < -0.39 is 0 Å². The monoisotopic (exact) mass is 781 g/mol. The third-order valence-electron chi connectivity index (χ3n) is 6.47. The molecule has 9 nitrogen and oxygen atoms in total. The molecule has 0 amide bonds. The topological polar surface area (TPSA) is 123 Å². The van der Waals surface area contributed by atoms with Crippen molar-refractivity contribution in [1.29, 1.82) is 0 Å². The van der Waals surface area contributed by atoms with E-state index in [4.69, 9.17) is 81.1 Å². The van der Waals surface area contributed by atoms with Crippen LogP contribution in [0.3, 0.4) is 0 Å². The van der Waals surface area contributed by atoms with Crippen molar-refractivity contribution in [3.63, 3.8) is 0 Å². The van der Waals surface area contributed by atoms with Gasteiger partial charge in [0.05, 0.1) is 34.3 Å². The Kier molecular flexibility index (Phi) is 19.1. The minimum Gasteiger partial charge on any atom is -0.329 e. The van der Waals surface area contributed by atoms with Crippen LogP contribution in [0.2, 0.25) is 25.1 Å². The van der Waals surface area contributed by atoms with Crippen LogP contribution in [0.1, 0.15) is 28.5 Å². The van der Waals surface area contributed by atoms with Crippen LogP contribution >= 0.6 is 69.6 Å². The summed E-state index contributed by atoms with van der Waals surface area (Å²) in [7, 11) is 0. The van der Waals surface area contributed by atoms with Gasteiger partial charge in [-0.1, -0.05) is 58.0 Å². The maximum atomic E-state index is 6.21. The smallest absolute Gasteiger partial charge is 0.0647 e. The molecular formula is C34H37Cl6N9. The lowest BCUT2D eigenvalue weighted by Crippen LogP contribution is -2.35. The molecule has 0 unspecified atom stereocenters. The summed E-state index contributed by atoms with van der Waals surface area (Å²) in [5.74, 6) is 0.417. The molecule has 5 rings (SSSR count). The summed E-state index contributed by atoms with van der Waals surface area (Å²) in [5, 5.41) is 3.30.